The number of carbonyl (C=O) groups is 1. The van der Waals surface area contributed by atoms with E-state index in [1.165, 1.54) is 7.11 Å². The summed E-state index contributed by atoms with van der Waals surface area (Å²) in [5.41, 5.74) is 0. The van der Waals surface area contributed by atoms with Crippen LogP contribution in [0.4, 0.5) is 0 Å². The molecule has 1 aliphatic heterocycles. The molecule has 0 radical (unpaired) electrons. The SMILES string of the molecule is C=C/C(=C\[CH]=[V])O[C@H]1CN[C@H](C(=O)OC)C1. The Bertz CT molecular complexity index is 314. The molecule has 2 atom stereocenters. The van der Waals surface area contributed by atoms with Crippen LogP contribution in [-0.2, 0) is 31.2 Å². The normalized spacial score (nSPS) is 24.9. The van der Waals surface area contributed by atoms with E-state index in [1.807, 2.05) is 10.8 Å². The molecule has 1 heterocycles. The van der Waals surface area contributed by atoms with Gasteiger partial charge in [-0.25, -0.2) is 0 Å². The Kier molecular flexibility index (Phi) is 5.53. The number of methoxy groups -OCH3 is 1. The van der Waals surface area contributed by atoms with Crippen molar-refractivity contribution in [2.75, 3.05) is 13.7 Å². The van der Waals surface area contributed by atoms with Crippen molar-refractivity contribution in [3.05, 3.63) is 24.5 Å². The van der Waals surface area contributed by atoms with E-state index in [0.717, 1.165) is 0 Å². The van der Waals surface area contributed by atoms with Crippen molar-refractivity contribution in [3.8, 4) is 0 Å². The minimum atomic E-state index is -0.262. The van der Waals surface area contributed by atoms with E-state index < -0.39 is 0 Å². The maximum atomic E-state index is 11.3. The fourth-order valence-electron chi connectivity index (χ4n) is 1.54. The molecule has 0 aromatic rings. The quantitative estimate of drug-likeness (QED) is 0.439. The van der Waals surface area contributed by atoms with Gasteiger partial charge in [-0.15, -0.1) is 0 Å². The molecule has 1 N–H and O–H groups in total. The van der Waals surface area contributed by atoms with Crippen molar-refractivity contribution in [2.45, 2.75) is 18.6 Å². The molecule has 0 aromatic carbocycles. The van der Waals surface area contributed by atoms with Gasteiger partial charge in [-0.1, -0.05) is 0 Å². The number of nitrogens with one attached hydrogen (secondary N) is 1. The van der Waals surface area contributed by atoms with E-state index >= 15 is 0 Å². The Morgan fingerprint density at radius 2 is 2.38 bits per heavy atom. The van der Waals surface area contributed by atoms with Crippen molar-refractivity contribution < 1.29 is 31.2 Å². The second-order valence-electron chi connectivity index (χ2n) is 3.38. The zero-order chi connectivity index (χ0) is 12.0. The summed E-state index contributed by atoms with van der Waals surface area (Å²) in [7, 11) is 1.39. The van der Waals surface area contributed by atoms with Gasteiger partial charge >= 0.3 is 104 Å². The van der Waals surface area contributed by atoms with E-state index in [-0.39, 0.29) is 18.1 Å². The Hall–Kier alpha value is -0.836. The van der Waals surface area contributed by atoms with Crippen molar-refractivity contribution in [1.29, 1.82) is 0 Å². The Labute approximate surface area is 104 Å². The molecule has 0 bridgehead atoms. The summed E-state index contributed by atoms with van der Waals surface area (Å²) in [4.78, 5) is 11.3. The molecule has 0 saturated carbocycles. The number of hydrogen-bond acceptors (Lipinski definition) is 4. The van der Waals surface area contributed by atoms with Crippen molar-refractivity contribution in [3.63, 3.8) is 0 Å². The third-order valence-corrected chi connectivity index (χ3v) is 2.55. The molecule has 16 heavy (non-hydrogen) atoms. The van der Waals surface area contributed by atoms with Gasteiger partial charge in [0.25, 0.3) is 0 Å². The predicted octanol–water partition coefficient (Wildman–Crippen LogP) is 0.325. The van der Waals surface area contributed by atoms with Crippen LogP contribution in [0.3, 0.4) is 0 Å². The van der Waals surface area contributed by atoms with Crippen LogP contribution < -0.4 is 5.32 Å². The first-order valence-electron chi connectivity index (χ1n) is 4.99. The Morgan fingerprint density at radius 1 is 1.62 bits per heavy atom. The van der Waals surface area contributed by atoms with Crippen LogP contribution in [0.15, 0.2) is 24.5 Å². The average molecular weight is 260 g/mol. The van der Waals surface area contributed by atoms with Gasteiger partial charge in [0.2, 0.25) is 0 Å². The zero-order valence-electron chi connectivity index (χ0n) is 9.18. The molecule has 0 aliphatic carbocycles. The zero-order valence-corrected chi connectivity index (χ0v) is 10.6. The number of esters is 1. The van der Waals surface area contributed by atoms with E-state index in [4.69, 9.17) is 4.74 Å². The first-order chi connectivity index (χ1) is 7.71. The number of rotatable bonds is 5. The third kappa shape index (κ3) is 3.63. The molecule has 0 aromatic heterocycles. The van der Waals surface area contributed by atoms with Crippen LogP contribution >= 0.6 is 0 Å². The van der Waals surface area contributed by atoms with Gasteiger partial charge in [0.05, 0.1) is 0 Å². The summed E-state index contributed by atoms with van der Waals surface area (Å²) in [6, 6.07) is -0.262. The molecular formula is C11H15NO3V. The van der Waals surface area contributed by atoms with Crippen molar-refractivity contribution in [1.82, 2.24) is 5.32 Å². The van der Waals surface area contributed by atoms with Crippen molar-refractivity contribution >= 4 is 10.7 Å². The number of ether oxygens (including phenoxy) is 2. The molecule has 1 aliphatic rings. The Balaban J connectivity index is 2.47. The molecular weight excluding hydrogens is 245 g/mol. The van der Waals surface area contributed by atoms with Gasteiger partial charge in [-0.3, -0.25) is 0 Å². The molecule has 0 amide bonds. The topological polar surface area (TPSA) is 47.6 Å². The molecule has 1 rings (SSSR count). The summed E-state index contributed by atoms with van der Waals surface area (Å²) >= 11 is 2.33. The number of allylic oxidation sites excluding steroid dienone is 2. The molecule has 0 spiro atoms. The third-order valence-electron chi connectivity index (χ3n) is 2.32. The van der Waals surface area contributed by atoms with Crippen LogP contribution in [0.5, 0.6) is 0 Å². The van der Waals surface area contributed by atoms with Gasteiger partial charge in [-0.2, -0.15) is 0 Å². The summed E-state index contributed by atoms with van der Waals surface area (Å²) in [6.45, 7) is 4.30. The van der Waals surface area contributed by atoms with Crippen molar-refractivity contribution in [2.24, 2.45) is 0 Å². The van der Waals surface area contributed by atoms with Gasteiger partial charge in [0.1, 0.15) is 0 Å². The fourth-order valence-corrected chi connectivity index (χ4v) is 1.77. The molecule has 4 nitrogen and oxygen atoms in total. The van der Waals surface area contributed by atoms with E-state index in [0.29, 0.717) is 18.7 Å². The number of hydrogen-bond donors (Lipinski definition) is 1. The van der Waals surface area contributed by atoms with E-state index in [2.05, 4.69) is 33.6 Å². The average Bonchev–Trinajstić information content (AvgIpc) is 2.76. The van der Waals surface area contributed by atoms with Crippen LogP contribution in [-0.4, -0.2) is 36.5 Å². The van der Waals surface area contributed by atoms with Gasteiger partial charge in [0, 0.05) is 0 Å². The van der Waals surface area contributed by atoms with Crippen LogP contribution in [0, 0.1) is 0 Å². The summed E-state index contributed by atoms with van der Waals surface area (Å²) in [5.74, 6) is 0.465. The summed E-state index contributed by atoms with van der Waals surface area (Å²) < 4.78 is 12.1. The van der Waals surface area contributed by atoms with Crippen LogP contribution in [0.25, 0.3) is 0 Å². The molecule has 0 unspecified atom stereocenters. The van der Waals surface area contributed by atoms with E-state index in [1.54, 1.807) is 6.08 Å². The predicted molar refractivity (Wildman–Crippen MR) is 57.6 cm³/mol. The van der Waals surface area contributed by atoms with Crippen LogP contribution in [0.1, 0.15) is 6.42 Å². The molecule has 87 valence electrons. The molecule has 5 heteroatoms. The minimum absolute atomic E-state index is 0.0131. The van der Waals surface area contributed by atoms with Crippen LogP contribution in [0.2, 0.25) is 0 Å². The molecule has 1 saturated heterocycles. The Morgan fingerprint density at radius 3 is 2.94 bits per heavy atom. The first-order valence-corrected chi connectivity index (χ1v) is 5.80. The fraction of sp³-hybridized carbons (Fsp3) is 0.455. The van der Waals surface area contributed by atoms with Gasteiger partial charge in [-0.05, 0) is 0 Å². The summed E-state index contributed by atoms with van der Waals surface area (Å²) in [5, 5.41) is 3.05. The maximum absolute atomic E-state index is 11.3. The second-order valence-corrected chi connectivity index (χ2v) is 3.85. The first kappa shape index (κ1) is 13.2. The van der Waals surface area contributed by atoms with E-state index in [9.17, 15) is 4.79 Å². The summed E-state index contributed by atoms with van der Waals surface area (Å²) in [6.07, 6.45) is 4.07. The van der Waals surface area contributed by atoms with Gasteiger partial charge < -0.3 is 0 Å². The molecule has 1 fully saturated rings. The standard InChI is InChI=1S/C11H15NO3.V/c1-4-8(5-2)15-9-6-10(12-7-9)11(13)14-3;/h1,4-5,9-10,12H,2,6-7H2,3H3;/b8-4+;/t9-,10+;/m1./s1. The van der Waals surface area contributed by atoms with Gasteiger partial charge in [0.15, 0.2) is 0 Å². The second kappa shape index (κ2) is 6.68. The number of carbonyl (C=O) groups excluding carboxylic acids is 1. The monoisotopic (exact) mass is 260 g/mol.